The molecule has 0 aromatic heterocycles. The van der Waals surface area contributed by atoms with Crippen molar-refractivity contribution in [2.24, 2.45) is 11.8 Å². The van der Waals surface area contributed by atoms with Crippen molar-refractivity contribution >= 4 is 24.2 Å². The topological polar surface area (TPSA) is 21.7 Å². The average molecular weight is 416 g/mol. The van der Waals surface area contributed by atoms with E-state index in [-0.39, 0.29) is 5.92 Å². The lowest BCUT2D eigenvalue weighted by atomic mass is 9.75. The van der Waals surface area contributed by atoms with Crippen LogP contribution in [0.4, 0.5) is 0 Å². The largest absolute Gasteiger partial charge is 0.435 e. The van der Waals surface area contributed by atoms with Crippen LogP contribution >= 0.6 is 7.87 Å². The second kappa shape index (κ2) is 7.11. The third kappa shape index (κ3) is 2.87. The Hall–Kier alpha value is -2.35. The van der Waals surface area contributed by atoms with Gasteiger partial charge >= 0.3 is 7.87 Å². The molecule has 2 heterocycles. The molecule has 1 saturated heterocycles. The molecule has 4 aliphatic rings. The zero-order chi connectivity index (χ0) is 20.1. The Kier molecular flexibility index (Phi) is 4.37. The highest BCUT2D eigenvalue weighted by molar-refractivity contribution is 7.63. The number of piperidine rings is 1. The van der Waals surface area contributed by atoms with E-state index < -0.39 is 7.87 Å². The van der Waals surface area contributed by atoms with Crippen LogP contribution < -0.4 is 4.52 Å². The monoisotopic (exact) mass is 416 g/mol. The predicted octanol–water partition coefficient (Wildman–Crippen LogP) is 6.77. The summed E-state index contributed by atoms with van der Waals surface area (Å²) in [7, 11) is -2.25. The minimum absolute atomic E-state index is 0.274. The van der Waals surface area contributed by atoms with Crippen molar-refractivity contribution < 1.29 is 9.05 Å². The van der Waals surface area contributed by atoms with Gasteiger partial charge in [-0.25, -0.2) is 0 Å². The maximum absolute atomic E-state index is 6.87. The van der Waals surface area contributed by atoms with E-state index in [1.807, 2.05) is 0 Å². The number of benzene rings is 2. The second-order valence-electron chi connectivity index (χ2n) is 8.67. The molecule has 6 rings (SSSR count). The minimum Gasteiger partial charge on any atom is -0.290 e. The predicted molar refractivity (Wildman–Crippen MR) is 125 cm³/mol. The lowest BCUT2D eigenvalue weighted by Gasteiger charge is -2.33. The van der Waals surface area contributed by atoms with E-state index in [0.717, 1.165) is 24.6 Å². The summed E-state index contributed by atoms with van der Waals surface area (Å²) in [5.74, 6) is 2.60. The first-order valence-electron chi connectivity index (χ1n) is 11.0. The van der Waals surface area contributed by atoms with E-state index in [1.165, 1.54) is 41.2 Å². The molecule has 2 aliphatic carbocycles. The molecule has 3 atom stereocenters. The molecule has 2 aliphatic heterocycles. The molecule has 152 valence electrons. The standard InChI is InChI=1S/C26H27NO2P/c1-30(27-17-7-2-8-18-27)28-23-15-13-19-9-3-5-11-21(19)25(23)26-22-12-6-4-10-20(22)14-16-24(26)29-30/h3-6,9-16,19,21H,2,7-8,17-18H2,1H3/q+1/t19-,21?,30?/m1/s1. The van der Waals surface area contributed by atoms with Crippen LogP contribution in [-0.4, -0.2) is 24.4 Å². The average Bonchev–Trinajstić information content (AvgIpc) is 2.94. The molecule has 3 nitrogen and oxygen atoms in total. The molecular formula is C26H27NO2P+. The summed E-state index contributed by atoms with van der Waals surface area (Å²) in [5, 5.41) is 2.49. The molecular weight excluding hydrogens is 389 g/mol. The number of rotatable bonds is 1. The Morgan fingerprint density at radius 1 is 0.900 bits per heavy atom. The van der Waals surface area contributed by atoms with Gasteiger partial charge in [-0.3, -0.25) is 9.05 Å². The van der Waals surface area contributed by atoms with Crippen LogP contribution in [0.15, 0.2) is 78.6 Å². The van der Waals surface area contributed by atoms with E-state index in [2.05, 4.69) is 84.2 Å². The summed E-state index contributed by atoms with van der Waals surface area (Å²) in [4.78, 5) is 0. The summed E-state index contributed by atoms with van der Waals surface area (Å²) in [6, 6.07) is 13.0. The quantitative estimate of drug-likeness (QED) is 0.479. The fourth-order valence-corrected chi connectivity index (χ4v) is 7.58. The van der Waals surface area contributed by atoms with Gasteiger partial charge in [-0.05, 0) is 35.8 Å². The summed E-state index contributed by atoms with van der Waals surface area (Å²) >= 11 is 0. The van der Waals surface area contributed by atoms with Crippen molar-refractivity contribution in [1.82, 2.24) is 4.67 Å². The van der Waals surface area contributed by atoms with Gasteiger partial charge < -0.3 is 0 Å². The Bertz CT molecular complexity index is 1130. The molecule has 1 fully saturated rings. The van der Waals surface area contributed by atoms with Crippen molar-refractivity contribution in [3.63, 3.8) is 0 Å². The summed E-state index contributed by atoms with van der Waals surface area (Å²) in [5.41, 5.74) is 2.48. The molecule has 0 saturated carbocycles. The van der Waals surface area contributed by atoms with Crippen molar-refractivity contribution in [3.8, 4) is 5.75 Å². The fourth-order valence-electron chi connectivity index (χ4n) is 5.26. The summed E-state index contributed by atoms with van der Waals surface area (Å²) < 4.78 is 16.2. The van der Waals surface area contributed by atoms with Crippen LogP contribution in [0.1, 0.15) is 24.8 Å². The van der Waals surface area contributed by atoms with Crippen LogP contribution in [0.5, 0.6) is 5.75 Å². The smallest absolute Gasteiger partial charge is 0.290 e. The Morgan fingerprint density at radius 2 is 1.73 bits per heavy atom. The van der Waals surface area contributed by atoms with Crippen molar-refractivity contribution in [2.45, 2.75) is 19.3 Å². The molecule has 2 aromatic rings. The minimum atomic E-state index is -2.25. The van der Waals surface area contributed by atoms with Crippen molar-refractivity contribution in [2.75, 3.05) is 19.8 Å². The van der Waals surface area contributed by atoms with Crippen LogP contribution in [0.3, 0.4) is 0 Å². The molecule has 2 unspecified atom stereocenters. The third-order valence-corrected chi connectivity index (χ3v) is 9.29. The van der Waals surface area contributed by atoms with E-state index in [0.29, 0.717) is 5.92 Å². The molecule has 0 bridgehead atoms. The number of nitrogens with zero attached hydrogens (tertiary/aromatic N) is 1. The van der Waals surface area contributed by atoms with Gasteiger partial charge in [0.05, 0.1) is 0 Å². The van der Waals surface area contributed by atoms with E-state index in [4.69, 9.17) is 9.05 Å². The highest BCUT2D eigenvalue weighted by Crippen LogP contribution is 2.66. The zero-order valence-corrected chi connectivity index (χ0v) is 18.2. The second-order valence-corrected chi connectivity index (χ2v) is 11.2. The molecule has 0 amide bonds. The fraction of sp³-hybridized carbons (Fsp3) is 0.308. The van der Waals surface area contributed by atoms with Gasteiger partial charge in [0.25, 0.3) is 0 Å². The summed E-state index contributed by atoms with van der Waals surface area (Å²) in [6.07, 6.45) is 17.1. The molecule has 2 aromatic carbocycles. The first-order valence-corrected chi connectivity index (χ1v) is 13.1. The lowest BCUT2D eigenvalue weighted by molar-refractivity contribution is 0.270. The van der Waals surface area contributed by atoms with Crippen LogP contribution in [0, 0.1) is 11.8 Å². The SMILES string of the molecule is C[P+]1(N2CCCCC2)OC2=C(c3c(ccc4ccccc34)O1)C1C=CC=C[C@@H]1C=C2. The van der Waals surface area contributed by atoms with E-state index in [1.54, 1.807) is 0 Å². The van der Waals surface area contributed by atoms with Crippen LogP contribution in [0.25, 0.3) is 16.3 Å². The van der Waals surface area contributed by atoms with Gasteiger partial charge in [0, 0.05) is 36.1 Å². The van der Waals surface area contributed by atoms with Crippen molar-refractivity contribution in [3.05, 3.63) is 84.2 Å². The lowest BCUT2D eigenvalue weighted by Crippen LogP contribution is -2.32. The van der Waals surface area contributed by atoms with Crippen LogP contribution in [0.2, 0.25) is 0 Å². The molecule has 0 radical (unpaired) electrons. The van der Waals surface area contributed by atoms with Gasteiger partial charge in [-0.2, -0.15) is 0 Å². The number of fused-ring (bicyclic) bond motifs is 6. The van der Waals surface area contributed by atoms with Gasteiger partial charge in [-0.1, -0.05) is 67.1 Å². The Morgan fingerprint density at radius 3 is 2.63 bits per heavy atom. The normalized spacial score (nSPS) is 30.2. The first kappa shape index (κ1) is 18.4. The van der Waals surface area contributed by atoms with Gasteiger partial charge in [0.15, 0.2) is 11.5 Å². The van der Waals surface area contributed by atoms with Gasteiger partial charge in [0.2, 0.25) is 0 Å². The number of allylic oxidation sites excluding steroid dienone is 7. The maximum atomic E-state index is 6.87. The summed E-state index contributed by atoms with van der Waals surface area (Å²) in [6.45, 7) is 4.30. The zero-order valence-electron chi connectivity index (χ0n) is 17.3. The number of hydrogen-bond acceptors (Lipinski definition) is 3. The van der Waals surface area contributed by atoms with Gasteiger partial charge in [0.1, 0.15) is 6.66 Å². The van der Waals surface area contributed by atoms with Crippen molar-refractivity contribution in [1.29, 1.82) is 0 Å². The maximum Gasteiger partial charge on any atom is 0.435 e. The Balaban J connectivity index is 1.59. The molecule has 0 spiro atoms. The molecule has 0 N–H and O–H groups in total. The van der Waals surface area contributed by atoms with Crippen LogP contribution in [-0.2, 0) is 4.52 Å². The third-order valence-electron chi connectivity index (χ3n) is 6.79. The highest BCUT2D eigenvalue weighted by Gasteiger charge is 2.51. The Labute approximate surface area is 178 Å². The van der Waals surface area contributed by atoms with E-state index in [9.17, 15) is 0 Å². The van der Waals surface area contributed by atoms with Gasteiger partial charge in [-0.15, -0.1) is 4.67 Å². The first-order chi connectivity index (χ1) is 14.7. The molecule has 30 heavy (non-hydrogen) atoms. The molecule has 4 heteroatoms. The van der Waals surface area contributed by atoms with E-state index >= 15 is 0 Å². The number of hydrogen-bond donors (Lipinski definition) is 0. The highest BCUT2D eigenvalue weighted by atomic mass is 31.2.